The fraction of sp³-hybridized carbons (Fsp3) is 0.167. The van der Waals surface area contributed by atoms with Gasteiger partial charge in [0.25, 0.3) is 11.5 Å². The molecule has 0 amide bonds. The number of anilines is 3. The summed E-state index contributed by atoms with van der Waals surface area (Å²) in [7, 11) is 0. The molecule has 7 aromatic rings. The summed E-state index contributed by atoms with van der Waals surface area (Å²) >= 11 is 0. The Morgan fingerprint density at radius 3 is 1.85 bits per heavy atom. The van der Waals surface area contributed by atoms with Gasteiger partial charge >= 0.3 is 11.5 Å². The number of ether oxygens (including phenoxy) is 2. The van der Waals surface area contributed by atoms with E-state index in [-0.39, 0.29) is 17.3 Å². The van der Waals surface area contributed by atoms with Crippen molar-refractivity contribution in [2.24, 2.45) is 0 Å². The Labute approximate surface area is 309 Å². The van der Waals surface area contributed by atoms with Gasteiger partial charge in [-0.3, -0.25) is 0 Å². The molecule has 254 valence electrons. The molecule has 7 heterocycles. The van der Waals surface area contributed by atoms with Crippen LogP contribution in [0, 0.1) is 0 Å². The van der Waals surface area contributed by atoms with Crippen molar-refractivity contribution in [2.45, 2.75) is 50.6 Å². The second kappa shape index (κ2) is 9.81. The van der Waals surface area contributed by atoms with E-state index in [2.05, 4.69) is 181 Å². The highest BCUT2D eigenvalue weighted by Crippen LogP contribution is 2.64. The van der Waals surface area contributed by atoms with Crippen LogP contribution in [0.3, 0.4) is 0 Å². The number of pyridine rings is 2. The smallest absolute Gasteiger partial charge is 0.381 e. The summed E-state index contributed by atoms with van der Waals surface area (Å²) in [5, 5.41) is 0. The fourth-order valence-electron chi connectivity index (χ4n) is 10.2. The molecule has 3 atom stereocenters. The molecule has 53 heavy (non-hydrogen) atoms. The molecule has 2 aromatic heterocycles. The van der Waals surface area contributed by atoms with Gasteiger partial charge in [0.05, 0.1) is 6.07 Å². The molecule has 0 saturated carbocycles. The third-order valence-electron chi connectivity index (χ3n) is 12.8. The number of nitrogens with zero attached hydrogens (tertiary/aromatic N) is 3. The van der Waals surface area contributed by atoms with Gasteiger partial charge in [-0.05, 0) is 52.6 Å². The molecule has 0 aliphatic carbocycles. The Morgan fingerprint density at radius 1 is 0.528 bits per heavy atom. The van der Waals surface area contributed by atoms with Crippen molar-refractivity contribution in [3.8, 4) is 34.5 Å². The Balaban J connectivity index is 1.27. The number of hydrogen-bond acceptors (Lipinski definition) is 3. The molecule has 5 aliphatic rings. The normalized spacial score (nSPS) is 18.9. The molecule has 0 fully saturated rings. The summed E-state index contributed by atoms with van der Waals surface area (Å²) in [6.07, 6.45) is 0. The Bertz CT molecular complexity index is 2760. The summed E-state index contributed by atoms with van der Waals surface area (Å²) in [5.41, 5.74) is 13.6. The van der Waals surface area contributed by atoms with Crippen molar-refractivity contribution in [3.63, 3.8) is 0 Å². The van der Waals surface area contributed by atoms with Crippen LogP contribution >= 0.6 is 0 Å². The number of hydrogen-bond donors (Lipinski definition) is 0. The van der Waals surface area contributed by atoms with Gasteiger partial charge in [0.1, 0.15) is 17.2 Å². The predicted molar refractivity (Wildman–Crippen MR) is 205 cm³/mol. The summed E-state index contributed by atoms with van der Waals surface area (Å²) in [6, 6.07) is 51.1. The van der Waals surface area contributed by atoms with Crippen molar-refractivity contribution in [3.05, 3.63) is 184 Å². The highest BCUT2D eigenvalue weighted by atomic mass is 16.5. The minimum Gasteiger partial charge on any atom is -0.455 e. The third kappa shape index (κ3) is 3.44. The van der Waals surface area contributed by atoms with E-state index in [1.165, 1.54) is 50.4 Å². The molecule has 5 aromatic carbocycles. The predicted octanol–water partition coefficient (Wildman–Crippen LogP) is 10.5. The Hall–Kier alpha value is -6.20. The van der Waals surface area contributed by atoms with E-state index in [0.717, 1.165) is 45.8 Å². The quantitative estimate of drug-likeness (QED) is 0.173. The molecule has 0 saturated heterocycles. The first-order valence-electron chi connectivity index (χ1n) is 18.8. The summed E-state index contributed by atoms with van der Waals surface area (Å²) in [4.78, 5) is 2.54. The van der Waals surface area contributed by atoms with Gasteiger partial charge in [0, 0.05) is 40.5 Å². The maximum absolute atomic E-state index is 7.04. The van der Waals surface area contributed by atoms with Gasteiger partial charge in [-0.25, -0.2) is 0 Å². The molecule has 0 N–H and O–H groups in total. The highest BCUT2D eigenvalue weighted by Gasteiger charge is 2.74. The highest BCUT2D eigenvalue weighted by molar-refractivity contribution is 5.90. The Kier molecular flexibility index (Phi) is 5.44. The van der Waals surface area contributed by atoms with E-state index in [1.54, 1.807) is 0 Å². The summed E-state index contributed by atoms with van der Waals surface area (Å²) < 4.78 is 19.1. The zero-order valence-corrected chi connectivity index (χ0v) is 30.1. The average molecular weight is 688 g/mol. The summed E-state index contributed by atoms with van der Waals surface area (Å²) in [6.45, 7) is 9.37. The molecule has 1 spiro atoms. The molecule has 5 nitrogen and oxygen atoms in total. The van der Waals surface area contributed by atoms with E-state index in [0.29, 0.717) is 0 Å². The van der Waals surface area contributed by atoms with E-state index in [1.807, 2.05) is 0 Å². The van der Waals surface area contributed by atoms with Crippen LogP contribution in [0.2, 0.25) is 0 Å². The zero-order chi connectivity index (χ0) is 35.4. The van der Waals surface area contributed by atoms with Gasteiger partial charge in [-0.15, -0.1) is 9.13 Å². The van der Waals surface area contributed by atoms with E-state index in [9.17, 15) is 0 Å². The van der Waals surface area contributed by atoms with Crippen molar-refractivity contribution >= 4 is 17.2 Å². The van der Waals surface area contributed by atoms with Crippen LogP contribution < -0.4 is 23.5 Å². The lowest BCUT2D eigenvalue weighted by atomic mass is 9.70. The first-order valence-corrected chi connectivity index (χ1v) is 18.8. The van der Waals surface area contributed by atoms with Gasteiger partial charge in [0.2, 0.25) is 5.69 Å². The van der Waals surface area contributed by atoms with Crippen molar-refractivity contribution in [1.82, 2.24) is 0 Å². The van der Waals surface area contributed by atoms with Crippen molar-refractivity contribution < 1.29 is 18.6 Å². The molecule has 0 bridgehead atoms. The van der Waals surface area contributed by atoms with Crippen LogP contribution in [0.15, 0.2) is 140 Å². The molecule has 5 heteroatoms. The van der Waals surface area contributed by atoms with Crippen LogP contribution in [0.1, 0.15) is 84.0 Å². The number of rotatable bonds is 4. The second-order valence-corrected chi connectivity index (χ2v) is 15.8. The lowest BCUT2D eigenvalue weighted by Crippen LogP contribution is -2.75. The van der Waals surface area contributed by atoms with Gasteiger partial charge in [-0.1, -0.05) is 119 Å². The van der Waals surface area contributed by atoms with Crippen LogP contribution in [0.25, 0.3) is 11.4 Å². The van der Waals surface area contributed by atoms with Crippen LogP contribution in [0.4, 0.5) is 17.2 Å². The zero-order valence-electron chi connectivity index (χ0n) is 30.1. The van der Waals surface area contributed by atoms with E-state index < -0.39 is 5.66 Å². The van der Waals surface area contributed by atoms with E-state index >= 15 is 0 Å². The van der Waals surface area contributed by atoms with Crippen molar-refractivity contribution in [2.75, 3.05) is 4.90 Å². The molecule has 3 unspecified atom stereocenters. The lowest BCUT2D eigenvalue weighted by Gasteiger charge is -2.45. The van der Waals surface area contributed by atoms with Crippen LogP contribution in [-0.2, 0) is 11.1 Å². The van der Waals surface area contributed by atoms with Crippen LogP contribution in [-0.4, -0.2) is 0 Å². The largest absolute Gasteiger partial charge is 0.455 e. The summed E-state index contributed by atoms with van der Waals surface area (Å²) in [5.74, 6) is 4.85. The first-order chi connectivity index (χ1) is 25.9. The molecule has 0 radical (unpaired) electrons. The first kappa shape index (κ1) is 29.4. The molecule has 12 rings (SSSR count). The number of para-hydroxylation sites is 1. The minimum atomic E-state index is -0.764. The standard InChI is InChI=1S/C48H37N3O2/c1-28(30-14-7-5-8-15-30)32-24-37-38-25-33(29(2)31-16-9-6-10-17-31)27-43-51(38)48-44-39(20-13-21-40(44)53-43)52-41-23-22-35-46(45(41)48)49(42(26-32)50(37)48)36-19-12-11-18-34(36)47(35,3)4/h5-29H,1-4H3/q+2. The topological polar surface area (TPSA) is 29.5 Å². The Morgan fingerprint density at radius 2 is 1.13 bits per heavy atom. The maximum Gasteiger partial charge on any atom is 0.381 e. The third-order valence-corrected chi connectivity index (χ3v) is 12.8. The number of benzene rings is 5. The number of aromatic nitrogens is 2. The monoisotopic (exact) mass is 687 g/mol. The van der Waals surface area contributed by atoms with Crippen molar-refractivity contribution in [1.29, 1.82) is 0 Å². The SMILES string of the molecule is CC(c1ccccc1)c1cc2[n+]3c(c1)-c1cc(C(C)c4ccccc4)cc4[n+]1C31c3c(cccc3O2)Oc2ccc3c(c21)N4c1ccccc1C3(C)C. The fourth-order valence-corrected chi connectivity index (χ4v) is 10.2. The van der Waals surface area contributed by atoms with Gasteiger partial charge < -0.3 is 9.47 Å². The van der Waals surface area contributed by atoms with E-state index in [4.69, 9.17) is 9.47 Å². The second-order valence-electron chi connectivity index (χ2n) is 15.8. The average Bonchev–Trinajstić information content (AvgIpc) is 3.49. The molecular formula is C48H37N3O2+2. The maximum atomic E-state index is 7.04. The van der Waals surface area contributed by atoms with Crippen LogP contribution in [0.5, 0.6) is 23.1 Å². The van der Waals surface area contributed by atoms with Gasteiger partial charge in [0.15, 0.2) is 22.6 Å². The minimum absolute atomic E-state index is 0.158. The number of fused-ring (bicyclic) bond motifs is 4. The molecule has 5 aliphatic heterocycles. The molecular weight excluding hydrogens is 651 g/mol. The van der Waals surface area contributed by atoms with Gasteiger partial charge in [-0.2, -0.15) is 4.90 Å². The lowest BCUT2D eigenvalue weighted by molar-refractivity contribution is -0.936.